The van der Waals surface area contributed by atoms with E-state index in [0.29, 0.717) is 6.54 Å². The number of nitrogens with one attached hydrogen (secondary N) is 1. The molecule has 1 rings (SSSR count). The Balaban J connectivity index is 2.84. The Hall–Kier alpha value is -1.26. The lowest BCUT2D eigenvalue weighted by atomic mass is 10.1. The van der Waals surface area contributed by atoms with Gasteiger partial charge in [0.1, 0.15) is 0 Å². The Morgan fingerprint density at radius 3 is 2.62 bits per heavy atom. The Morgan fingerprint density at radius 1 is 1.38 bits per heavy atom. The molecule has 0 amide bonds. The largest absolute Gasteiger partial charge is 0.504 e. The highest BCUT2D eigenvalue weighted by atomic mass is 16.3. The summed E-state index contributed by atoms with van der Waals surface area (Å²) >= 11 is 0. The minimum Gasteiger partial charge on any atom is -0.504 e. The monoisotopic (exact) mass is 182 g/mol. The number of likely N-dealkylation sites (N-methyl/N-ethyl adjacent to an activating group) is 1. The molecule has 0 aliphatic carbocycles. The van der Waals surface area contributed by atoms with Crippen molar-refractivity contribution >= 4 is 0 Å². The van der Waals surface area contributed by atoms with Crippen molar-refractivity contribution in [3.63, 3.8) is 0 Å². The zero-order valence-electron chi connectivity index (χ0n) is 7.49. The molecular formula is C9H14N2O2. The lowest BCUT2D eigenvalue weighted by molar-refractivity contribution is 0.402. The molecule has 72 valence electrons. The van der Waals surface area contributed by atoms with E-state index in [0.717, 1.165) is 5.56 Å². The molecule has 0 radical (unpaired) electrons. The van der Waals surface area contributed by atoms with Crippen LogP contribution < -0.4 is 11.1 Å². The van der Waals surface area contributed by atoms with Crippen molar-refractivity contribution in [2.45, 2.75) is 6.04 Å². The van der Waals surface area contributed by atoms with Crippen LogP contribution in [0.25, 0.3) is 0 Å². The lowest BCUT2D eigenvalue weighted by Crippen LogP contribution is -2.23. The summed E-state index contributed by atoms with van der Waals surface area (Å²) in [6.07, 6.45) is 0. The molecule has 0 aliphatic heterocycles. The second-order valence-electron chi connectivity index (χ2n) is 2.91. The Kier molecular flexibility index (Phi) is 3.11. The summed E-state index contributed by atoms with van der Waals surface area (Å²) in [4.78, 5) is 0. The van der Waals surface area contributed by atoms with Gasteiger partial charge in [-0.2, -0.15) is 0 Å². The molecule has 0 unspecified atom stereocenters. The van der Waals surface area contributed by atoms with Gasteiger partial charge in [0.05, 0.1) is 0 Å². The first kappa shape index (κ1) is 9.83. The van der Waals surface area contributed by atoms with Gasteiger partial charge in [0.25, 0.3) is 0 Å². The normalized spacial score (nSPS) is 12.8. The predicted molar refractivity (Wildman–Crippen MR) is 50.6 cm³/mol. The maximum Gasteiger partial charge on any atom is 0.157 e. The van der Waals surface area contributed by atoms with Crippen LogP contribution in [0.15, 0.2) is 18.2 Å². The molecule has 4 heteroatoms. The van der Waals surface area contributed by atoms with Crippen LogP contribution in [0.4, 0.5) is 0 Å². The van der Waals surface area contributed by atoms with Crippen LogP contribution in [0.3, 0.4) is 0 Å². The summed E-state index contributed by atoms with van der Waals surface area (Å²) in [5.41, 5.74) is 6.57. The molecule has 0 fully saturated rings. The summed E-state index contributed by atoms with van der Waals surface area (Å²) in [6, 6.07) is 4.42. The number of phenolic OH excluding ortho intramolecular Hbond substituents is 2. The third kappa shape index (κ3) is 2.34. The van der Waals surface area contributed by atoms with Gasteiger partial charge in [-0.3, -0.25) is 0 Å². The third-order valence-corrected chi connectivity index (χ3v) is 1.85. The molecular weight excluding hydrogens is 168 g/mol. The lowest BCUT2D eigenvalue weighted by Gasteiger charge is -2.11. The van der Waals surface area contributed by atoms with Crippen molar-refractivity contribution in [1.29, 1.82) is 0 Å². The van der Waals surface area contributed by atoms with Gasteiger partial charge < -0.3 is 21.3 Å². The van der Waals surface area contributed by atoms with Crippen LogP contribution in [0, 0.1) is 0 Å². The van der Waals surface area contributed by atoms with Gasteiger partial charge >= 0.3 is 0 Å². The highest BCUT2D eigenvalue weighted by molar-refractivity contribution is 5.41. The highest BCUT2D eigenvalue weighted by Crippen LogP contribution is 2.26. The molecule has 13 heavy (non-hydrogen) atoms. The number of phenols is 2. The molecule has 5 N–H and O–H groups in total. The topological polar surface area (TPSA) is 78.5 Å². The van der Waals surface area contributed by atoms with E-state index in [2.05, 4.69) is 5.32 Å². The maximum atomic E-state index is 9.19. The van der Waals surface area contributed by atoms with Crippen molar-refractivity contribution in [2.75, 3.05) is 13.6 Å². The van der Waals surface area contributed by atoms with Gasteiger partial charge in [-0.15, -0.1) is 0 Å². The fourth-order valence-electron chi connectivity index (χ4n) is 1.11. The molecule has 1 atom stereocenters. The van der Waals surface area contributed by atoms with E-state index in [-0.39, 0.29) is 17.5 Å². The van der Waals surface area contributed by atoms with Crippen molar-refractivity contribution in [1.82, 2.24) is 5.32 Å². The zero-order chi connectivity index (χ0) is 9.84. The van der Waals surface area contributed by atoms with E-state index in [9.17, 15) is 5.11 Å². The van der Waals surface area contributed by atoms with E-state index in [4.69, 9.17) is 10.8 Å². The molecule has 0 bridgehead atoms. The first-order valence-corrected chi connectivity index (χ1v) is 4.07. The fourth-order valence-corrected chi connectivity index (χ4v) is 1.11. The van der Waals surface area contributed by atoms with E-state index >= 15 is 0 Å². The van der Waals surface area contributed by atoms with Crippen LogP contribution >= 0.6 is 0 Å². The summed E-state index contributed by atoms with van der Waals surface area (Å²) in [6.45, 7) is 0.629. The number of hydrogen-bond acceptors (Lipinski definition) is 4. The standard InChI is InChI=1S/C9H14N2O2/c1-11-5-7(10)6-2-3-8(12)9(13)4-6/h2-4,7,11-13H,5,10H2,1H3/t7-/m0/s1. The molecule has 0 saturated carbocycles. The summed E-state index contributed by atoms with van der Waals surface area (Å²) in [7, 11) is 1.81. The van der Waals surface area contributed by atoms with Crippen LogP contribution in [-0.2, 0) is 0 Å². The molecule has 1 aromatic carbocycles. The second-order valence-corrected chi connectivity index (χ2v) is 2.91. The minimum atomic E-state index is -0.170. The third-order valence-electron chi connectivity index (χ3n) is 1.85. The number of nitrogens with two attached hydrogens (primary N) is 1. The van der Waals surface area contributed by atoms with E-state index in [1.165, 1.54) is 12.1 Å². The van der Waals surface area contributed by atoms with E-state index in [1.807, 2.05) is 0 Å². The molecule has 1 aromatic rings. The van der Waals surface area contributed by atoms with Crippen LogP contribution in [0.1, 0.15) is 11.6 Å². The average molecular weight is 182 g/mol. The number of benzene rings is 1. The fraction of sp³-hybridized carbons (Fsp3) is 0.333. The summed E-state index contributed by atoms with van der Waals surface area (Å²) < 4.78 is 0. The minimum absolute atomic E-state index is 0.125. The Morgan fingerprint density at radius 2 is 2.08 bits per heavy atom. The summed E-state index contributed by atoms with van der Waals surface area (Å²) in [5.74, 6) is -0.260. The van der Waals surface area contributed by atoms with Gasteiger partial charge in [-0.05, 0) is 24.7 Å². The molecule has 0 aromatic heterocycles. The van der Waals surface area contributed by atoms with Gasteiger partial charge in [0, 0.05) is 12.6 Å². The average Bonchev–Trinajstić information content (AvgIpc) is 2.10. The SMILES string of the molecule is CNC[C@H](N)c1ccc(O)c(O)c1. The molecule has 0 aliphatic rings. The van der Waals surface area contributed by atoms with Crippen LogP contribution in [0.2, 0.25) is 0 Å². The second kappa shape index (κ2) is 4.11. The number of rotatable bonds is 3. The Labute approximate surface area is 77.0 Å². The first-order valence-electron chi connectivity index (χ1n) is 4.07. The first-order chi connectivity index (χ1) is 6.15. The van der Waals surface area contributed by atoms with Crippen LogP contribution in [0.5, 0.6) is 11.5 Å². The van der Waals surface area contributed by atoms with Crippen molar-refractivity contribution in [3.8, 4) is 11.5 Å². The van der Waals surface area contributed by atoms with Crippen molar-refractivity contribution in [3.05, 3.63) is 23.8 Å². The smallest absolute Gasteiger partial charge is 0.157 e. The van der Waals surface area contributed by atoms with Crippen molar-refractivity contribution < 1.29 is 10.2 Å². The highest BCUT2D eigenvalue weighted by Gasteiger charge is 2.07. The van der Waals surface area contributed by atoms with E-state index in [1.54, 1.807) is 13.1 Å². The zero-order valence-corrected chi connectivity index (χ0v) is 7.49. The number of hydrogen-bond donors (Lipinski definition) is 4. The van der Waals surface area contributed by atoms with Crippen LogP contribution in [-0.4, -0.2) is 23.8 Å². The predicted octanol–water partition coefficient (Wildman–Crippen LogP) is 0.317. The van der Waals surface area contributed by atoms with Gasteiger partial charge in [0.15, 0.2) is 11.5 Å². The number of aromatic hydroxyl groups is 2. The van der Waals surface area contributed by atoms with Gasteiger partial charge in [0.2, 0.25) is 0 Å². The molecule has 0 saturated heterocycles. The van der Waals surface area contributed by atoms with Gasteiger partial charge in [-0.25, -0.2) is 0 Å². The van der Waals surface area contributed by atoms with Crippen molar-refractivity contribution in [2.24, 2.45) is 5.73 Å². The van der Waals surface area contributed by atoms with E-state index < -0.39 is 0 Å². The molecule has 4 nitrogen and oxygen atoms in total. The Bertz CT molecular complexity index is 289. The summed E-state index contributed by atoms with van der Waals surface area (Å²) in [5, 5.41) is 21.2. The molecule has 0 spiro atoms. The molecule has 0 heterocycles. The quantitative estimate of drug-likeness (QED) is 0.507. The van der Waals surface area contributed by atoms with Gasteiger partial charge in [-0.1, -0.05) is 6.07 Å². The maximum absolute atomic E-state index is 9.19.